The number of hydrogen-bond acceptors (Lipinski definition) is 5. The summed E-state index contributed by atoms with van der Waals surface area (Å²) in [4.78, 5) is 10.9. The second-order valence-electron chi connectivity index (χ2n) is 2.63. The normalized spacial score (nSPS) is 10.4. The average Bonchev–Trinajstić information content (AvgIpc) is 2.17. The van der Waals surface area contributed by atoms with Crippen LogP contribution < -0.4 is 0 Å². The van der Waals surface area contributed by atoms with Crippen molar-refractivity contribution in [1.82, 2.24) is 0 Å². The molecule has 0 heterocycles. The zero-order valence-electron chi connectivity index (χ0n) is 8.78. The first-order valence-electron chi connectivity index (χ1n) is 4.46. The van der Waals surface area contributed by atoms with Gasteiger partial charge in [-0.25, -0.2) is 0 Å². The van der Waals surface area contributed by atoms with Gasteiger partial charge in [0, 0.05) is 14.2 Å². The summed E-state index contributed by atoms with van der Waals surface area (Å²) >= 11 is 0. The van der Waals surface area contributed by atoms with E-state index in [0.29, 0.717) is 26.4 Å². The third kappa shape index (κ3) is 9.60. The van der Waals surface area contributed by atoms with Crippen molar-refractivity contribution in [2.24, 2.45) is 0 Å². The Bertz CT molecular complexity index is 137. The Labute approximate surface area is 84.3 Å². The minimum absolute atomic E-state index is 0.0654. The minimum Gasteiger partial charge on any atom is -0.382 e. The molecule has 0 aliphatic heterocycles. The summed E-state index contributed by atoms with van der Waals surface area (Å²) in [6, 6.07) is 0. The smallest absolute Gasteiger partial charge is 0.183 e. The fourth-order valence-electron chi connectivity index (χ4n) is 0.751. The Morgan fingerprint density at radius 2 is 1.50 bits per heavy atom. The molecule has 0 bridgehead atoms. The zero-order valence-corrected chi connectivity index (χ0v) is 8.78. The quantitative estimate of drug-likeness (QED) is 0.466. The number of Topliss-reactive ketones (excluding diaryl/α,β-unsaturated/α-hetero) is 1. The Morgan fingerprint density at radius 3 is 2.14 bits per heavy atom. The molecule has 0 spiro atoms. The second-order valence-corrected chi connectivity index (χ2v) is 2.63. The van der Waals surface area contributed by atoms with Crippen molar-refractivity contribution in [3.63, 3.8) is 0 Å². The van der Waals surface area contributed by atoms with Gasteiger partial charge in [0.25, 0.3) is 0 Å². The molecule has 84 valence electrons. The van der Waals surface area contributed by atoms with E-state index in [4.69, 9.17) is 14.2 Å². The molecule has 14 heavy (non-hydrogen) atoms. The molecule has 0 amide bonds. The molecular formula is C9H18O5. The molecule has 0 fully saturated rings. The van der Waals surface area contributed by atoms with Gasteiger partial charge in [0.05, 0.1) is 26.4 Å². The molecule has 5 heteroatoms. The van der Waals surface area contributed by atoms with Gasteiger partial charge in [-0.05, 0) is 0 Å². The highest BCUT2D eigenvalue weighted by Gasteiger charge is 1.99. The summed E-state index contributed by atoms with van der Waals surface area (Å²) in [7, 11) is 3.09. The van der Waals surface area contributed by atoms with Gasteiger partial charge in [0.2, 0.25) is 0 Å². The van der Waals surface area contributed by atoms with Crippen LogP contribution in [0.2, 0.25) is 0 Å². The fraction of sp³-hybridized carbons (Fsp3) is 0.889. The van der Waals surface area contributed by atoms with Crippen LogP contribution in [0.4, 0.5) is 0 Å². The number of hydrogen-bond donors (Lipinski definition) is 0. The lowest BCUT2D eigenvalue weighted by Crippen LogP contribution is -2.16. The maximum absolute atomic E-state index is 10.9. The number of rotatable bonds is 10. The molecule has 0 radical (unpaired) electrons. The zero-order chi connectivity index (χ0) is 10.6. The van der Waals surface area contributed by atoms with Crippen LogP contribution in [0.3, 0.4) is 0 Å². The van der Waals surface area contributed by atoms with Crippen LogP contribution in [-0.4, -0.2) is 59.6 Å². The van der Waals surface area contributed by atoms with Crippen LogP contribution in [0, 0.1) is 0 Å². The van der Waals surface area contributed by atoms with Crippen molar-refractivity contribution in [3.05, 3.63) is 0 Å². The van der Waals surface area contributed by atoms with Crippen LogP contribution >= 0.6 is 0 Å². The molecule has 0 aliphatic rings. The van der Waals surface area contributed by atoms with Crippen molar-refractivity contribution < 1.29 is 23.7 Å². The standard InChI is InChI=1S/C9H18O5/c1-11-3-4-13-5-6-14-8-9(10)7-12-2/h3-8H2,1-2H3. The summed E-state index contributed by atoms with van der Waals surface area (Å²) < 4.78 is 19.6. The number of carbonyl (C=O) groups excluding carboxylic acids is 1. The minimum atomic E-state index is -0.0654. The van der Waals surface area contributed by atoms with E-state index in [1.165, 1.54) is 7.11 Å². The lowest BCUT2D eigenvalue weighted by molar-refractivity contribution is -0.127. The topological polar surface area (TPSA) is 54.0 Å². The first kappa shape index (κ1) is 13.5. The summed E-state index contributed by atoms with van der Waals surface area (Å²) in [5.74, 6) is -0.0654. The van der Waals surface area contributed by atoms with E-state index in [9.17, 15) is 4.79 Å². The molecule has 5 nitrogen and oxygen atoms in total. The molecule has 0 aromatic rings. The molecule has 0 N–H and O–H groups in total. The van der Waals surface area contributed by atoms with Gasteiger partial charge in [-0.2, -0.15) is 0 Å². The van der Waals surface area contributed by atoms with Crippen LogP contribution in [0.15, 0.2) is 0 Å². The van der Waals surface area contributed by atoms with Crippen molar-refractivity contribution in [3.8, 4) is 0 Å². The summed E-state index contributed by atoms with van der Waals surface area (Å²) in [6.45, 7) is 2.20. The van der Waals surface area contributed by atoms with Gasteiger partial charge < -0.3 is 18.9 Å². The van der Waals surface area contributed by atoms with E-state index in [1.807, 2.05) is 0 Å². The van der Waals surface area contributed by atoms with E-state index < -0.39 is 0 Å². The Hall–Kier alpha value is -0.490. The first-order chi connectivity index (χ1) is 6.81. The molecule has 0 aliphatic carbocycles. The van der Waals surface area contributed by atoms with E-state index in [-0.39, 0.29) is 19.0 Å². The van der Waals surface area contributed by atoms with E-state index in [1.54, 1.807) is 7.11 Å². The second kappa shape index (κ2) is 10.6. The van der Waals surface area contributed by atoms with Crippen molar-refractivity contribution in [1.29, 1.82) is 0 Å². The van der Waals surface area contributed by atoms with Crippen LogP contribution in [0.1, 0.15) is 0 Å². The molecular weight excluding hydrogens is 188 g/mol. The summed E-state index contributed by atoms with van der Waals surface area (Å²) in [5, 5.41) is 0. The maximum atomic E-state index is 10.9. The fourth-order valence-corrected chi connectivity index (χ4v) is 0.751. The number of ketones is 1. The third-order valence-corrected chi connectivity index (χ3v) is 1.37. The van der Waals surface area contributed by atoms with Crippen LogP contribution in [-0.2, 0) is 23.7 Å². The molecule has 0 rings (SSSR count). The molecule has 0 aromatic heterocycles. The summed E-state index contributed by atoms with van der Waals surface area (Å²) in [5.41, 5.74) is 0. The Morgan fingerprint density at radius 1 is 0.857 bits per heavy atom. The van der Waals surface area contributed by atoms with Gasteiger partial charge in [-0.1, -0.05) is 0 Å². The first-order valence-corrected chi connectivity index (χ1v) is 4.46. The van der Waals surface area contributed by atoms with Crippen LogP contribution in [0.5, 0.6) is 0 Å². The number of carbonyl (C=O) groups is 1. The highest BCUT2D eigenvalue weighted by molar-refractivity contribution is 5.80. The number of ether oxygens (including phenoxy) is 4. The Kier molecular flexibility index (Phi) is 10.2. The van der Waals surface area contributed by atoms with E-state index in [0.717, 1.165) is 0 Å². The van der Waals surface area contributed by atoms with Gasteiger partial charge in [-0.15, -0.1) is 0 Å². The van der Waals surface area contributed by atoms with Crippen LogP contribution in [0.25, 0.3) is 0 Å². The monoisotopic (exact) mass is 206 g/mol. The lowest BCUT2D eigenvalue weighted by atomic mass is 10.4. The number of methoxy groups -OCH3 is 2. The van der Waals surface area contributed by atoms with Crippen molar-refractivity contribution in [2.75, 3.05) is 53.9 Å². The van der Waals surface area contributed by atoms with Crippen molar-refractivity contribution >= 4 is 5.78 Å². The van der Waals surface area contributed by atoms with Gasteiger partial charge in [0.1, 0.15) is 13.2 Å². The molecule has 0 saturated heterocycles. The average molecular weight is 206 g/mol. The maximum Gasteiger partial charge on any atom is 0.183 e. The highest BCUT2D eigenvalue weighted by Crippen LogP contribution is 1.82. The lowest BCUT2D eigenvalue weighted by Gasteiger charge is -2.04. The highest BCUT2D eigenvalue weighted by atomic mass is 16.5. The molecule has 0 aromatic carbocycles. The Balaban J connectivity index is 3.01. The SMILES string of the molecule is COCCOCCOCC(=O)COC. The van der Waals surface area contributed by atoms with E-state index in [2.05, 4.69) is 4.74 Å². The predicted octanol–water partition coefficient (Wildman–Crippen LogP) is -0.119. The van der Waals surface area contributed by atoms with E-state index >= 15 is 0 Å². The third-order valence-electron chi connectivity index (χ3n) is 1.37. The molecule has 0 unspecified atom stereocenters. The van der Waals surface area contributed by atoms with Crippen molar-refractivity contribution in [2.45, 2.75) is 0 Å². The van der Waals surface area contributed by atoms with Gasteiger partial charge >= 0.3 is 0 Å². The van der Waals surface area contributed by atoms with Gasteiger partial charge in [0.15, 0.2) is 5.78 Å². The predicted molar refractivity (Wildman–Crippen MR) is 50.4 cm³/mol. The largest absolute Gasteiger partial charge is 0.382 e. The summed E-state index contributed by atoms with van der Waals surface area (Å²) in [6.07, 6.45) is 0. The van der Waals surface area contributed by atoms with Gasteiger partial charge in [-0.3, -0.25) is 4.79 Å². The molecule has 0 atom stereocenters. The molecule has 0 saturated carbocycles.